The number of benzene rings is 1. The second-order valence-electron chi connectivity index (χ2n) is 5.16. The minimum atomic E-state index is 0.390. The summed E-state index contributed by atoms with van der Waals surface area (Å²) in [6.07, 6.45) is 2.58. The number of aryl methyl sites for hydroxylation is 1. The van der Waals surface area contributed by atoms with Crippen LogP contribution in [0.15, 0.2) is 18.2 Å². The molecule has 3 rings (SSSR count). The van der Waals surface area contributed by atoms with Gasteiger partial charge in [-0.15, -0.1) is 0 Å². The first-order valence-corrected chi connectivity index (χ1v) is 6.37. The molecule has 90 valence electrons. The van der Waals surface area contributed by atoms with Crippen LogP contribution in [0.3, 0.4) is 0 Å². The van der Waals surface area contributed by atoms with Gasteiger partial charge in [0.2, 0.25) is 0 Å². The Labute approximate surface area is 102 Å². The summed E-state index contributed by atoms with van der Waals surface area (Å²) in [5, 5.41) is 0. The molecule has 3 heteroatoms. The predicted molar refractivity (Wildman–Crippen MR) is 70.2 cm³/mol. The molecule has 1 aliphatic rings. The van der Waals surface area contributed by atoms with Gasteiger partial charge in [0.1, 0.15) is 5.82 Å². The maximum Gasteiger partial charge on any atom is 0.112 e. The second-order valence-corrected chi connectivity index (χ2v) is 5.16. The molecular weight excluding hydrogens is 210 g/mol. The van der Waals surface area contributed by atoms with Gasteiger partial charge < -0.3 is 10.3 Å². The molecule has 17 heavy (non-hydrogen) atoms. The van der Waals surface area contributed by atoms with Gasteiger partial charge in [-0.1, -0.05) is 19.1 Å². The van der Waals surface area contributed by atoms with Crippen molar-refractivity contribution < 1.29 is 0 Å². The lowest BCUT2D eigenvalue weighted by Gasteiger charge is -2.11. The van der Waals surface area contributed by atoms with Crippen LogP contribution in [0.25, 0.3) is 11.0 Å². The molecule has 1 fully saturated rings. The van der Waals surface area contributed by atoms with Crippen molar-refractivity contribution in [3.63, 3.8) is 0 Å². The summed E-state index contributed by atoms with van der Waals surface area (Å²) < 4.78 is 2.27. The average molecular weight is 229 g/mol. The third kappa shape index (κ3) is 1.65. The van der Waals surface area contributed by atoms with Crippen molar-refractivity contribution in [2.75, 3.05) is 6.54 Å². The highest BCUT2D eigenvalue weighted by molar-refractivity contribution is 5.80. The number of aromatic nitrogens is 2. The Bertz CT molecular complexity index is 552. The van der Waals surface area contributed by atoms with Crippen molar-refractivity contribution >= 4 is 11.0 Å². The molecule has 3 nitrogen and oxygen atoms in total. The molecule has 0 aliphatic heterocycles. The van der Waals surface area contributed by atoms with Gasteiger partial charge >= 0.3 is 0 Å². The van der Waals surface area contributed by atoms with Gasteiger partial charge in [-0.3, -0.25) is 0 Å². The second kappa shape index (κ2) is 3.84. The SMILES string of the molecule is CC(CN)c1cccc2nc(C3CC3)n(C)c12. The topological polar surface area (TPSA) is 43.8 Å². The Morgan fingerprint density at radius 3 is 2.88 bits per heavy atom. The van der Waals surface area contributed by atoms with E-state index in [1.54, 1.807) is 0 Å². The van der Waals surface area contributed by atoms with Crippen LogP contribution in [0.5, 0.6) is 0 Å². The maximum atomic E-state index is 5.79. The van der Waals surface area contributed by atoms with Gasteiger partial charge in [0.15, 0.2) is 0 Å². The van der Waals surface area contributed by atoms with Crippen LogP contribution in [0.2, 0.25) is 0 Å². The number of imidazole rings is 1. The third-order valence-corrected chi connectivity index (χ3v) is 3.79. The van der Waals surface area contributed by atoms with E-state index in [-0.39, 0.29) is 0 Å². The molecule has 1 aliphatic carbocycles. The molecule has 0 bridgehead atoms. The minimum Gasteiger partial charge on any atom is -0.331 e. The molecule has 0 amide bonds. The average Bonchev–Trinajstić information content (AvgIpc) is 3.13. The van der Waals surface area contributed by atoms with Crippen LogP contribution in [0.1, 0.15) is 43.0 Å². The number of rotatable bonds is 3. The number of nitrogens with zero attached hydrogens (tertiary/aromatic N) is 2. The summed E-state index contributed by atoms with van der Waals surface area (Å²) in [6.45, 7) is 2.86. The lowest BCUT2D eigenvalue weighted by atomic mass is 10.00. The van der Waals surface area contributed by atoms with E-state index in [0.717, 1.165) is 5.52 Å². The van der Waals surface area contributed by atoms with Crippen LogP contribution in [-0.2, 0) is 7.05 Å². The molecule has 1 aromatic carbocycles. The van der Waals surface area contributed by atoms with Gasteiger partial charge in [0.05, 0.1) is 11.0 Å². The highest BCUT2D eigenvalue weighted by atomic mass is 15.1. The fourth-order valence-corrected chi connectivity index (χ4v) is 2.55. The summed E-state index contributed by atoms with van der Waals surface area (Å²) in [4.78, 5) is 4.77. The van der Waals surface area contributed by atoms with E-state index in [0.29, 0.717) is 18.4 Å². The minimum absolute atomic E-state index is 0.390. The number of hydrogen-bond donors (Lipinski definition) is 1. The third-order valence-electron chi connectivity index (χ3n) is 3.79. The van der Waals surface area contributed by atoms with Crippen LogP contribution < -0.4 is 5.73 Å². The van der Waals surface area contributed by atoms with Gasteiger partial charge in [0.25, 0.3) is 0 Å². The van der Waals surface area contributed by atoms with Crippen molar-refractivity contribution in [3.05, 3.63) is 29.6 Å². The van der Waals surface area contributed by atoms with Crippen LogP contribution in [0, 0.1) is 0 Å². The summed E-state index contributed by atoms with van der Waals surface area (Å²) in [5.41, 5.74) is 9.51. The lowest BCUT2D eigenvalue weighted by Crippen LogP contribution is -2.10. The van der Waals surface area contributed by atoms with E-state index < -0.39 is 0 Å². The molecule has 0 saturated heterocycles. The van der Waals surface area contributed by atoms with E-state index in [9.17, 15) is 0 Å². The molecule has 1 saturated carbocycles. The zero-order chi connectivity index (χ0) is 12.0. The van der Waals surface area contributed by atoms with E-state index in [1.807, 2.05) is 0 Å². The molecule has 1 unspecified atom stereocenters. The van der Waals surface area contributed by atoms with Crippen LogP contribution >= 0.6 is 0 Å². The first kappa shape index (κ1) is 10.8. The monoisotopic (exact) mass is 229 g/mol. The smallest absolute Gasteiger partial charge is 0.112 e. The normalized spacial score (nSPS) is 17.6. The molecule has 2 N–H and O–H groups in total. The van der Waals surface area contributed by atoms with E-state index >= 15 is 0 Å². The summed E-state index contributed by atoms with van der Waals surface area (Å²) in [5.74, 6) is 2.33. The Morgan fingerprint density at radius 1 is 1.47 bits per heavy atom. The Balaban J connectivity index is 2.22. The molecule has 1 heterocycles. The highest BCUT2D eigenvalue weighted by Gasteiger charge is 2.29. The van der Waals surface area contributed by atoms with Gasteiger partial charge in [0, 0.05) is 13.0 Å². The molecule has 2 aromatic rings. The van der Waals surface area contributed by atoms with Crippen molar-refractivity contribution in [2.24, 2.45) is 12.8 Å². The van der Waals surface area contributed by atoms with Crippen LogP contribution in [0.4, 0.5) is 0 Å². The summed E-state index contributed by atoms with van der Waals surface area (Å²) in [7, 11) is 2.13. The Morgan fingerprint density at radius 2 is 2.24 bits per heavy atom. The summed E-state index contributed by atoms with van der Waals surface area (Å²) in [6, 6.07) is 6.37. The van der Waals surface area contributed by atoms with Crippen molar-refractivity contribution in [3.8, 4) is 0 Å². The number of nitrogens with two attached hydrogens (primary N) is 1. The van der Waals surface area contributed by atoms with Crippen molar-refractivity contribution in [2.45, 2.75) is 31.6 Å². The van der Waals surface area contributed by atoms with E-state index in [2.05, 4.69) is 36.7 Å². The zero-order valence-corrected chi connectivity index (χ0v) is 10.5. The quantitative estimate of drug-likeness (QED) is 0.878. The molecule has 0 radical (unpaired) electrons. The lowest BCUT2D eigenvalue weighted by molar-refractivity contribution is 0.764. The number of para-hydroxylation sites is 1. The summed E-state index contributed by atoms with van der Waals surface area (Å²) >= 11 is 0. The van der Waals surface area contributed by atoms with E-state index in [1.165, 1.54) is 29.7 Å². The Hall–Kier alpha value is -1.35. The predicted octanol–water partition coefficient (Wildman–Crippen LogP) is 2.51. The molecule has 1 aromatic heterocycles. The number of hydrogen-bond acceptors (Lipinski definition) is 2. The van der Waals surface area contributed by atoms with Crippen LogP contribution in [-0.4, -0.2) is 16.1 Å². The highest BCUT2D eigenvalue weighted by Crippen LogP contribution is 2.41. The van der Waals surface area contributed by atoms with Crippen molar-refractivity contribution in [1.29, 1.82) is 0 Å². The standard InChI is InChI=1S/C14H19N3/c1-9(8-15)11-4-3-5-12-13(11)17(2)14(16-12)10-6-7-10/h3-5,9-10H,6-8,15H2,1-2H3. The Kier molecular flexibility index (Phi) is 2.44. The van der Waals surface area contributed by atoms with Gasteiger partial charge in [-0.05, 0) is 36.9 Å². The first-order chi connectivity index (χ1) is 8.22. The first-order valence-electron chi connectivity index (χ1n) is 6.37. The van der Waals surface area contributed by atoms with Crippen molar-refractivity contribution in [1.82, 2.24) is 9.55 Å². The molecular formula is C14H19N3. The molecule has 1 atom stereocenters. The van der Waals surface area contributed by atoms with Gasteiger partial charge in [-0.25, -0.2) is 4.98 Å². The fraction of sp³-hybridized carbons (Fsp3) is 0.500. The largest absolute Gasteiger partial charge is 0.331 e. The van der Waals surface area contributed by atoms with E-state index in [4.69, 9.17) is 10.7 Å². The fourth-order valence-electron chi connectivity index (χ4n) is 2.55. The zero-order valence-electron chi connectivity index (χ0n) is 10.5. The molecule has 0 spiro atoms. The number of fused-ring (bicyclic) bond motifs is 1. The van der Waals surface area contributed by atoms with Gasteiger partial charge in [-0.2, -0.15) is 0 Å². The maximum absolute atomic E-state index is 5.79.